The smallest absolute Gasteiger partial charge is 0.244 e. The Bertz CT molecular complexity index is 1500. The van der Waals surface area contributed by atoms with Crippen LogP contribution in [0.2, 0.25) is 0 Å². The van der Waals surface area contributed by atoms with Crippen LogP contribution in [0.25, 0.3) is 15.3 Å². The monoisotopic (exact) mass is 510 g/mol. The first-order valence-electron chi connectivity index (χ1n) is 11.5. The van der Waals surface area contributed by atoms with Gasteiger partial charge in [-0.2, -0.15) is 0 Å². The van der Waals surface area contributed by atoms with Crippen molar-refractivity contribution in [3.63, 3.8) is 0 Å². The molecule has 0 saturated carbocycles. The summed E-state index contributed by atoms with van der Waals surface area (Å²) in [7, 11) is 0. The van der Waals surface area contributed by atoms with Crippen molar-refractivity contribution in [1.82, 2.24) is 24.8 Å². The number of hydrogen-bond donors (Lipinski definition) is 2. The Balaban J connectivity index is 1.38. The zero-order valence-electron chi connectivity index (χ0n) is 19.1. The van der Waals surface area contributed by atoms with Gasteiger partial charge < -0.3 is 15.5 Å². The summed E-state index contributed by atoms with van der Waals surface area (Å²) in [4.78, 5) is 24.5. The predicted molar refractivity (Wildman–Crippen MR) is 146 cm³/mol. The summed E-state index contributed by atoms with van der Waals surface area (Å²) in [5.74, 6) is -0.143. The highest BCUT2D eigenvalue weighted by Crippen LogP contribution is 2.40. The summed E-state index contributed by atoms with van der Waals surface area (Å²) in [6.07, 6.45) is 3.78. The Morgan fingerprint density at radius 1 is 1.00 bits per heavy atom. The van der Waals surface area contributed by atoms with Crippen molar-refractivity contribution in [3.05, 3.63) is 109 Å². The van der Waals surface area contributed by atoms with Crippen molar-refractivity contribution >= 4 is 50.5 Å². The lowest BCUT2D eigenvalue weighted by atomic mass is 10.0. The normalized spacial score (nSPS) is 17.3. The third-order valence-electron chi connectivity index (χ3n) is 6.14. The number of amides is 1. The van der Waals surface area contributed by atoms with E-state index in [4.69, 9.17) is 17.2 Å². The van der Waals surface area contributed by atoms with Crippen molar-refractivity contribution in [3.8, 4) is 5.13 Å². The summed E-state index contributed by atoms with van der Waals surface area (Å²) in [6, 6.07) is 26.9. The van der Waals surface area contributed by atoms with Crippen LogP contribution in [0.1, 0.15) is 23.5 Å². The van der Waals surface area contributed by atoms with Crippen LogP contribution in [0, 0.1) is 0 Å². The van der Waals surface area contributed by atoms with Crippen LogP contribution >= 0.6 is 23.6 Å². The standard InChI is InChI=1S/C27H22N6OS2/c34-23(29-18-9-2-1-3-10-18)17-33-25(24(31-26(33)35)20-12-6-7-15-28-20)21-13-8-16-32(21)27-30-19-11-4-5-14-22(19)36-27/h1-16,24-25H,17H2,(H,29,34)(H,31,35)/t24-,25+/m1/s1. The summed E-state index contributed by atoms with van der Waals surface area (Å²) in [5, 5.41) is 7.76. The lowest BCUT2D eigenvalue weighted by Gasteiger charge is -2.28. The van der Waals surface area contributed by atoms with Gasteiger partial charge >= 0.3 is 0 Å². The highest BCUT2D eigenvalue weighted by Gasteiger charge is 2.42. The third-order valence-corrected chi connectivity index (χ3v) is 7.53. The average molecular weight is 511 g/mol. The van der Waals surface area contributed by atoms with Crippen LogP contribution in [0.4, 0.5) is 5.69 Å². The summed E-state index contributed by atoms with van der Waals surface area (Å²) >= 11 is 7.38. The minimum Gasteiger partial charge on any atom is -0.352 e. The van der Waals surface area contributed by atoms with E-state index in [2.05, 4.69) is 32.3 Å². The molecule has 2 N–H and O–H groups in total. The van der Waals surface area contributed by atoms with E-state index in [1.807, 2.05) is 83.9 Å². The molecule has 4 heterocycles. The van der Waals surface area contributed by atoms with Crippen molar-refractivity contribution < 1.29 is 4.79 Å². The Morgan fingerprint density at radius 3 is 2.61 bits per heavy atom. The lowest BCUT2D eigenvalue weighted by Crippen LogP contribution is -2.37. The number of carbonyl (C=O) groups excluding carboxylic acids is 1. The van der Waals surface area contributed by atoms with E-state index in [0.717, 1.165) is 32.4 Å². The third kappa shape index (κ3) is 4.23. The van der Waals surface area contributed by atoms with E-state index in [0.29, 0.717) is 5.11 Å². The molecule has 1 aliphatic rings. The fourth-order valence-electron chi connectivity index (χ4n) is 4.55. The maximum absolute atomic E-state index is 13.1. The molecule has 9 heteroatoms. The second-order valence-corrected chi connectivity index (χ2v) is 9.83. The molecule has 6 rings (SSSR count). The van der Waals surface area contributed by atoms with Gasteiger partial charge in [0.2, 0.25) is 5.91 Å². The van der Waals surface area contributed by atoms with Gasteiger partial charge in [-0.3, -0.25) is 14.3 Å². The number of nitrogens with one attached hydrogen (secondary N) is 2. The second kappa shape index (κ2) is 9.52. The van der Waals surface area contributed by atoms with Crippen LogP contribution in [0.15, 0.2) is 97.3 Å². The Kier molecular flexibility index (Phi) is 5.92. The van der Waals surface area contributed by atoms with E-state index in [1.54, 1.807) is 17.5 Å². The number of para-hydroxylation sites is 2. The molecule has 2 aromatic carbocycles. The summed E-state index contributed by atoms with van der Waals surface area (Å²) in [6.45, 7) is 0.0970. The van der Waals surface area contributed by atoms with Crippen molar-refractivity contribution in [2.75, 3.05) is 11.9 Å². The Hall–Kier alpha value is -4.08. The van der Waals surface area contributed by atoms with Crippen molar-refractivity contribution in [2.24, 2.45) is 0 Å². The first-order chi connectivity index (χ1) is 17.7. The van der Waals surface area contributed by atoms with E-state index in [9.17, 15) is 4.79 Å². The molecule has 0 unspecified atom stereocenters. The number of aromatic nitrogens is 3. The first kappa shape index (κ1) is 22.4. The summed E-state index contributed by atoms with van der Waals surface area (Å²) in [5.41, 5.74) is 3.53. The zero-order chi connectivity index (χ0) is 24.5. The lowest BCUT2D eigenvalue weighted by molar-refractivity contribution is -0.116. The number of pyridine rings is 1. The molecular formula is C27H22N6OS2. The minimum absolute atomic E-state index is 0.0970. The number of hydrogen-bond acceptors (Lipinski definition) is 5. The molecule has 7 nitrogen and oxygen atoms in total. The van der Waals surface area contributed by atoms with E-state index >= 15 is 0 Å². The molecule has 178 valence electrons. The average Bonchev–Trinajstić information content (AvgIpc) is 3.62. The van der Waals surface area contributed by atoms with Crippen LogP contribution < -0.4 is 10.6 Å². The molecule has 0 bridgehead atoms. The molecule has 0 radical (unpaired) electrons. The molecular weight excluding hydrogens is 488 g/mol. The van der Waals surface area contributed by atoms with Crippen LogP contribution in [-0.4, -0.2) is 37.0 Å². The molecule has 2 atom stereocenters. The van der Waals surface area contributed by atoms with Crippen LogP contribution in [0.5, 0.6) is 0 Å². The van der Waals surface area contributed by atoms with Gasteiger partial charge in [-0.25, -0.2) is 4.98 Å². The van der Waals surface area contributed by atoms with Gasteiger partial charge in [0, 0.05) is 18.1 Å². The molecule has 0 spiro atoms. The van der Waals surface area contributed by atoms with Crippen molar-refractivity contribution in [1.29, 1.82) is 0 Å². The number of thiazole rings is 1. The summed E-state index contributed by atoms with van der Waals surface area (Å²) < 4.78 is 3.20. The highest BCUT2D eigenvalue weighted by atomic mass is 32.1. The molecule has 0 aliphatic carbocycles. The molecule has 1 amide bonds. The molecule has 1 fully saturated rings. The van der Waals surface area contributed by atoms with Gasteiger partial charge in [0.25, 0.3) is 0 Å². The number of nitrogens with zero attached hydrogens (tertiary/aromatic N) is 4. The Morgan fingerprint density at radius 2 is 1.81 bits per heavy atom. The van der Waals surface area contributed by atoms with Gasteiger partial charge in [0.15, 0.2) is 10.2 Å². The molecule has 3 aromatic heterocycles. The topological polar surface area (TPSA) is 75.1 Å². The number of thiocarbonyl (C=S) groups is 1. The molecule has 36 heavy (non-hydrogen) atoms. The first-order valence-corrected chi connectivity index (χ1v) is 12.8. The molecule has 1 aliphatic heterocycles. The Labute approximate surface area is 217 Å². The van der Waals surface area contributed by atoms with Crippen molar-refractivity contribution in [2.45, 2.75) is 12.1 Å². The highest BCUT2D eigenvalue weighted by molar-refractivity contribution is 7.80. The number of rotatable bonds is 6. The van der Waals surface area contributed by atoms with E-state index in [1.165, 1.54) is 0 Å². The molecule has 1 saturated heterocycles. The van der Waals surface area contributed by atoms with Gasteiger partial charge in [-0.05, 0) is 60.7 Å². The quantitative estimate of drug-likeness (QED) is 0.310. The fraction of sp³-hybridized carbons (Fsp3) is 0.111. The second-order valence-electron chi connectivity index (χ2n) is 8.44. The number of fused-ring (bicyclic) bond motifs is 1. The number of anilines is 1. The SMILES string of the molecule is O=C(CN1C(=S)N[C@H](c2ccccn2)[C@@H]1c1cccn1-c1nc2ccccc2s1)Nc1ccccc1. The minimum atomic E-state index is -0.268. The van der Waals surface area contributed by atoms with E-state index in [-0.39, 0.29) is 24.5 Å². The van der Waals surface area contributed by atoms with Gasteiger partial charge in [0.1, 0.15) is 6.54 Å². The largest absolute Gasteiger partial charge is 0.352 e. The fourth-order valence-corrected chi connectivity index (χ4v) is 5.82. The van der Waals surface area contributed by atoms with Crippen LogP contribution in [0.3, 0.4) is 0 Å². The van der Waals surface area contributed by atoms with E-state index < -0.39 is 0 Å². The maximum atomic E-state index is 13.1. The predicted octanol–water partition coefficient (Wildman–Crippen LogP) is 5.09. The number of benzene rings is 2. The molecule has 5 aromatic rings. The number of carbonyl (C=O) groups is 1. The maximum Gasteiger partial charge on any atom is 0.244 e. The zero-order valence-corrected chi connectivity index (χ0v) is 20.7. The van der Waals surface area contributed by atoms with Gasteiger partial charge in [-0.1, -0.05) is 47.7 Å². The van der Waals surface area contributed by atoms with Gasteiger partial charge in [-0.15, -0.1) is 0 Å². The van der Waals surface area contributed by atoms with Crippen LogP contribution in [-0.2, 0) is 4.79 Å². The van der Waals surface area contributed by atoms with Gasteiger partial charge in [0.05, 0.1) is 33.7 Å².